The first-order valence-corrected chi connectivity index (χ1v) is 4.71. The second-order valence-corrected chi connectivity index (χ2v) is 3.13. The van der Waals surface area contributed by atoms with E-state index in [2.05, 4.69) is 5.32 Å². The normalized spacial score (nSPS) is 11.9. The third-order valence-electron chi connectivity index (χ3n) is 1.58. The number of carbonyl (C=O) groups is 2. The van der Waals surface area contributed by atoms with Gasteiger partial charge in [-0.15, -0.1) is 0 Å². The molecule has 0 radical (unpaired) electrons. The molecule has 5 heteroatoms. The van der Waals surface area contributed by atoms with Crippen molar-refractivity contribution in [3.63, 3.8) is 0 Å². The first-order chi connectivity index (χ1) is 6.56. The average Bonchev–Trinajstić information content (AvgIpc) is 2.02. The number of rotatable bonds is 6. The van der Waals surface area contributed by atoms with E-state index in [1.165, 1.54) is 0 Å². The van der Waals surface area contributed by atoms with Gasteiger partial charge in [0.15, 0.2) is 0 Å². The van der Waals surface area contributed by atoms with Crippen molar-refractivity contribution in [3.05, 3.63) is 0 Å². The number of alkyl carbamates (subject to hydrolysis) is 1. The Bertz CT molecular complexity index is 193. The molecule has 1 atom stereocenters. The van der Waals surface area contributed by atoms with Crippen LogP contribution in [0.4, 0.5) is 4.79 Å². The SMILES string of the molecule is CCCCOC(=O)NC(C)CC(=O)O. The highest BCUT2D eigenvalue weighted by Gasteiger charge is 2.10. The number of carboxylic acids is 1. The third kappa shape index (κ3) is 7.39. The second-order valence-electron chi connectivity index (χ2n) is 3.13. The fourth-order valence-electron chi connectivity index (χ4n) is 0.865. The van der Waals surface area contributed by atoms with Crippen molar-refractivity contribution in [1.82, 2.24) is 5.32 Å². The van der Waals surface area contributed by atoms with Gasteiger partial charge in [0.05, 0.1) is 13.0 Å². The van der Waals surface area contributed by atoms with Gasteiger partial charge in [-0.25, -0.2) is 4.79 Å². The van der Waals surface area contributed by atoms with Crippen LogP contribution in [0, 0.1) is 0 Å². The minimum atomic E-state index is -0.939. The molecule has 0 aromatic rings. The lowest BCUT2D eigenvalue weighted by Gasteiger charge is -2.11. The summed E-state index contributed by atoms with van der Waals surface area (Å²) in [6, 6.07) is -0.401. The second kappa shape index (κ2) is 7.17. The van der Waals surface area contributed by atoms with Gasteiger partial charge in [-0.3, -0.25) is 4.79 Å². The molecule has 1 unspecified atom stereocenters. The minimum absolute atomic E-state index is 0.0944. The standard InChI is InChI=1S/C9H17NO4/c1-3-4-5-14-9(13)10-7(2)6-8(11)12/h7H,3-6H2,1-2H3,(H,10,13)(H,11,12). The highest BCUT2D eigenvalue weighted by molar-refractivity contribution is 5.71. The van der Waals surface area contributed by atoms with Gasteiger partial charge in [0.2, 0.25) is 0 Å². The topological polar surface area (TPSA) is 75.6 Å². The maximum atomic E-state index is 11.0. The Morgan fingerprint density at radius 1 is 1.50 bits per heavy atom. The predicted octanol–water partition coefficient (Wildman–Crippen LogP) is 1.38. The maximum Gasteiger partial charge on any atom is 0.407 e. The van der Waals surface area contributed by atoms with Crippen molar-refractivity contribution in [2.45, 2.75) is 39.2 Å². The van der Waals surface area contributed by atoms with E-state index in [1.54, 1.807) is 6.92 Å². The molecule has 0 aliphatic rings. The third-order valence-corrected chi connectivity index (χ3v) is 1.58. The van der Waals surface area contributed by atoms with Crippen molar-refractivity contribution >= 4 is 12.1 Å². The quantitative estimate of drug-likeness (QED) is 0.639. The van der Waals surface area contributed by atoms with E-state index in [4.69, 9.17) is 9.84 Å². The van der Waals surface area contributed by atoms with Gasteiger partial charge in [0.1, 0.15) is 0 Å². The molecule has 0 spiro atoms. The van der Waals surface area contributed by atoms with Gasteiger partial charge in [-0.2, -0.15) is 0 Å². The van der Waals surface area contributed by atoms with Crippen molar-refractivity contribution in [2.24, 2.45) is 0 Å². The number of carboxylic acid groups (broad SMARTS) is 1. The molecule has 0 saturated carbocycles. The molecular formula is C9H17NO4. The Hall–Kier alpha value is -1.26. The van der Waals surface area contributed by atoms with E-state index < -0.39 is 18.1 Å². The molecule has 0 rings (SSSR count). The summed E-state index contributed by atoms with van der Waals surface area (Å²) in [4.78, 5) is 21.2. The van der Waals surface area contributed by atoms with Gasteiger partial charge in [-0.05, 0) is 13.3 Å². The monoisotopic (exact) mass is 203 g/mol. The highest BCUT2D eigenvalue weighted by Crippen LogP contribution is 1.93. The number of carbonyl (C=O) groups excluding carboxylic acids is 1. The number of amides is 1. The molecule has 5 nitrogen and oxygen atoms in total. The lowest BCUT2D eigenvalue weighted by Crippen LogP contribution is -2.34. The van der Waals surface area contributed by atoms with Crippen molar-refractivity contribution in [3.8, 4) is 0 Å². The fraction of sp³-hybridized carbons (Fsp3) is 0.778. The molecule has 0 bridgehead atoms. The summed E-state index contributed by atoms with van der Waals surface area (Å²) in [7, 11) is 0. The van der Waals surface area contributed by atoms with Crippen LogP contribution in [0.25, 0.3) is 0 Å². The summed E-state index contributed by atoms with van der Waals surface area (Å²) in [5, 5.41) is 10.8. The molecule has 0 aliphatic carbocycles. The van der Waals surface area contributed by atoms with Crippen molar-refractivity contribution in [2.75, 3.05) is 6.61 Å². The van der Waals surface area contributed by atoms with Gasteiger partial charge in [0.25, 0.3) is 0 Å². The van der Waals surface area contributed by atoms with Crippen LogP contribution < -0.4 is 5.32 Å². The summed E-state index contributed by atoms with van der Waals surface area (Å²) >= 11 is 0. The number of unbranched alkanes of at least 4 members (excludes halogenated alkanes) is 1. The van der Waals surface area contributed by atoms with Gasteiger partial charge in [0, 0.05) is 6.04 Å². The molecule has 0 aliphatic heterocycles. The molecule has 0 heterocycles. The maximum absolute atomic E-state index is 11.0. The van der Waals surface area contributed by atoms with Crippen LogP contribution in [-0.4, -0.2) is 29.8 Å². The largest absolute Gasteiger partial charge is 0.481 e. The van der Waals surface area contributed by atoms with E-state index in [1.807, 2.05) is 6.92 Å². The molecule has 0 aromatic carbocycles. The molecule has 0 saturated heterocycles. The van der Waals surface area contributed by atoms with Crippen LogP contribution in [0.15, 0.2) is 0 Å². The lowest BCUT2D eigenvalue weighted by molar-refractivity contribution is -0.137. The van der Waals surface area contributed by atoms with E-state index in [-0.39, 0.29) is 6.42 Å². The zero-order valence-corrected chi connectivity index (χ0v) is 8.58. The number of nitrogens with one attached hydrogen (secondary N) is 1. The van der Waals surface area contributed by atoms with Gasteiger partial charge >= 0.3 is 12.1 Å². The van der Waals surface area contributed by atoms with Crippen molar-refractivity contribution in [1.29, 1.82) is 0 Å². The Kier molecular flexibility index (Phi) is 6.53. The fourth-order valence-corrected chi connectivity index (χ4v) is 0.865. The number of ether oxygens (including phenoxy) is 1. The smallest absolute Gasteiger partial charge is 0.407 e. The number of aliphatic carboxylic acids is 1. The molecular weight excluding hydrogens is 186 g/mol. The number of hydrogen-bond donors (Lipinski definition) is 2. The molecule has 0 fully saturated rings. The van der Waals surface area contributed by atoms with Gasteiger partial charge in [-0.1, -0.05) is 13.3 Å². The zero-order valence-electron chi connectivity index (χ0n) is 8.58. The first kappa shape index (κ1) is 12.7. The van der Waals surface area contributed by atoms with Crippen LogP contribution in [-0.2, 0) is 9.53 Å². The van der Waals surface area contributed by atoms with Crippen molar-refractivity contribution < 1.29 is 19.4 Å². The average molecular weight is 203 g/mol. The first-order valence-electron chi connectivity index (χ1n) is 4.71. The molecule has 82 valence electrons. The highest BCUT2D eigenvalue weighted by atomic mass is 16.5. The van der Waals surface area contributed by atoms with E-state index in [0.29, 0.717) is 6.61 Å². The summed E-state index contributed by atoms with van der Waals surface area (Å²) in [6.07, 6.45) is 1.13. The van der Waals surface area contributed by atoms with Crippen LogP contribution in [0.5, 0.6) is 0 Å². The molecule has 2 N–H and O–H groups in total. The summed E-state index contributed by atoms with van der Waals surface area (Å²) in [5.74, 6) is -0.939. The summed E-state index contributed by atoms with van der Waals surface area (Å²) in [6.45, 7) is 3.99. The van der Waals surface area contributed by atoms with E-state index >= 15 is 0 Å². The summed E-state index contributed by atoms with van der Waals surface area (Å²) in [5.41, 5.74) is 0. The van der Waals surface area contributed by atoms with Gasteiger partial charge < -0.3 is 15.2 Å². The Morgan fingerprint density at radius 3 is 2.64 bits per heavy atom. The van der Waals surface area contributed by atoms with Crippen LogP contribution in [0.3, 0.4) is 0 Å². The minimum Gasteiger partial charge on any atom is -0.481 e. The zero-order chi connectivity index (χ0) is 11.0. The Labute approximate surface area is 83.4 Å². The van der Waals surface area contributed by atoms with E-state index in [9.17, 15) is 9.59 Å². The molecule has 1 amide bonds. The van der Waals surface area contributed by atoms with Crippen LogP contribution in [0.1, 0.15) is 33.1 Å². The lowest BCUT2D eigenvalue weighted by atomic mass is 10.2. The molecule has 14 heavy (non-hydrogen) atoms. The Balaban J connectivity index is 3.55. The summed E-state index contributed by atoms with van der Waals surface area (Å²) < 4.78 is 4.79. The van der Waals surface area contributed by atoms with E-state index in [0.717, 1.165) is 12.8 Å². The molecule has 0 aromatic heterocycles. The van der Waals surface area contributed by atoms with Crippen LogP contribution >= 0.6 is 0 Å². The Morgan fingerprint density at radius 2 is 2.14 bits per heavy atom. The predicted molar refractivity (Wildman–Crippen MR) is 51.1 cm³/mol. The number of hydrogen-bond acceptors (Lipinski definition) is 3. The van der Waals surface area contributed by atoms with Crippen LogP contribution in [0.2, 0.25) is 0 Å².